The van der Waals surface area contributed by atoms with E-state index in [1.807, 2.05) is 36.4 Å². The Morgan fingerprint density at radius 2 is 1.74 bits per heavy atom. The molecule has 0 N–H and O–H groups in total. The maximum atomic E-state index is 12.6. The highest BCUT2D eigenvalue weighted by molar-refractivity contribution is 6.28. The van der Waals surface area contributed by atoms with Gasteiger partial charge in [0.2, 0.25) is 0 Å². The second kappa shape index (κ2) is 10.2. The Hall–Kier alpha value is -3.51. The highest BCUT2D eigenvalue weighted by atomic mass is 35.5. The van der Waals surface area contributed by atoms with Gasteiger partial charge >= 0.3 is 0 Å². The van der Waals surface area contributed by atoms with Crippen molar-refractivity contribution in [1.29, 1.82) is 0 Å². The molecule has 34 heavy (non-hydrogen) atoms. The summed E-state index contributed by atoms with van der Waals surface area (Å²) in [6.07, 6.45) is 6.11. The molecule has 6 nitrogen and oxygen atoms in total. The van der Waals surface area contributed by atoms with E-state index in [2.05, 4.69) is 34.2 Å². The van der Waals surface area contributed by atoms with Gasteiger partial charge in [0.05, 0.1) is 17.7 Å². The van der Waals surface area contributed by atoms with E-state index in [1.165, 1.54) is 11.8 Å². The van der Waals surface area contributed by atoms with Crippen LogP contribution in [-0.2, 0) is 0 Å². The van der Waals surface area contributed by atoms with E-state index in [0.717, 1.165) is 36.6 Å². The van der Waals surface area contributed by atoms with Crippen LogP contribution >= 0.6 is 11.6 Å². The predicted octanol–water partition coefficient (Wildman–Crippen LogP) is 4.70. The summed E-state index contributed by atoms with van der Waals surface area (Å²) >= 11 is 5.98. The van der Waals surface area contributed by atoms with Gasteiger partial charge in [-0.2, -0.15) is 0 Å². The van der Waals surface area contributed by atoms with Crippen LogP contribution in [0.3, 0.4) is 0 Å². The van der Waals surface area contributed by atoms with Crippen LogP contribution in [0.2, 0.25) is 0 Å². The second-order valence-electron chi connectivity index (χ2n) is 8.50. The summed E-state index contributed by atoms with van der Waals surface area (Å²) < 4.78 is 13.3. The van der Waals surface area contributed by atoms with E-state index < -0.39 is 0 Å². The Kier molecular flexibility index (Phi) is 6.67. The first-order valence-electron chi connectivity index (χ1n) is 11.4. The maximum Gasteiger partial charge on any atom is 0.258 e. The number of aromatic nitrogens is 1. The minimum atomic E-state index is -0.163. The zero-order valence-corrected chi connectivity index (χ0v) is 19.5. The van der Waals surface area contributed by atoms with Crippen LogP contribution in [0.25, 0.3) is 5.69 Å². The monoisotopic (exact) mass is 475 g/mol. The largest absolute Gasteiger partial charge is 0.493 e. The van der Waals surface area contributed by atoms with Gasteiger partial charge in [-0.05, 0) is 48.9 Å². The minimum Gasteiger partial charge on any atom is -0.493 e. The first-order valence-corrected chi connectivity index (χ1v) is 11.8. The van der Waals surface area contributed by atoms with E-state index >= 15 is 0 Å². The number of nitrogens with zero attached hydrogens (tertiary/aromatic N) is 3. The van der Waals surface area contributed by atoms with Crippen molar-refractivity contribution in [3.05, 3.63) is 95.1 Å². The first-order chi connectivity index (χ1) is 16.6. The molecule has 174 valence electrons. The fraction of sp³-hybridized carbons (Fsp3) is 0.259. The van der Waals surface area contributed by atoms with Crippen LogP contribution < -0.4 is 19.9 Å². The zero-order chi connectivity index (χ0) is 23.3. The summed E-state index contributed by atoms with van der Waals surface area (Å²) in [5, 5.41) is -0.0623. The van der Waals surface area contributed by atoms with E-state index in [9.17, 15) is 4.79 Å². The molecule has 3 heterocycles. The van der Waals surface area contributed by atoms with Crippen LogP contribution in [0.1, 0.15) is 6.42 Å². The summed E-state index contributed by atoms with van der Waals surface area (Å²) in [4.78, 5) is 19.2. The molecule has 1 aromatic heterocycles. The average Bonchev–Trinajstić information content (AvgIpc) is 2.84. The number of hydrogen-bond acceptors (Lipinski definition) is 5. The number of halogens is 1. The summed E-state index contributed by atoms with van der Waals surface area (Å²) in [5.74, 6) is 1.83. The summed E-state index contributed by atoms with van der Waals surface area (Å²) in [7, 11) is 0. The molecule has 0 aliphatic carbocycles. The first kappa shape index (κ1) is 22.3. The molecule has 0 radical (unpaired) electrons. The van der Waals surface area contributed by atoms with Gasteiger partial charge in [0.15, 0.2) is 0 Å². The molecule has 5 rings (SSSR count). The number of hydrogen-bond donors (Lipinski definition) is 0. The molecule has 3 aromatic rings. The van der Waals surface area contributed by atoms with Gasteiger partial charge in [0.1, 0.15) is 18.1 Å². The highest BCUT2D eigenvalue weighted by Crippen LogP contribution is 2.25. The molecular formula is C27H26ClN3O3. The number of pyridine rings is 1. The molecule has 2 aliphatic rings. The number of anilines is 1. The van der Waals surface area contributed by atoms with Gasteiger partial charge < -0.3 is 14.4 Å². The zero-order valence-electron chi connectivity index (χ0n) is 18.7. The molecule has 0 spiro atoms. The minimum absolute atomic E-state index is 0.0623. The Balaban J connectivity index is 1.12. The molecule has 2 aliphatic heterocycles. The van der Waals surface area contributed by atoms with Crippen LogP contribution in [0, 0.1) is 5.92 Å². The molecule has 0 saturated carbocycles. The number of ether oxygens (including phenoxy) is 2. The normalized spacial score (nSPS) is 17.7. The van der Waals surface area contributed by atoms with Crippen molar-refractivity contribution in [2.24, 2.45) is 10.9 Å². The molecule has 0 amide bonds. The van der Waals surface area contributed by atoms with E-state index in [0.29, 0.717) is 24.9 Å². The summed E-state index contributed by atoms with van der Waals surface area (Å²) in [6.45, 7) is 2.99. The van der Waals surface area contributed by atoms with Gasteiger partial charge in [0, 0.05) is 48.9 Å². The topological polar surface area (TPSA) is 56.1 Å². The molecule has 1 fully saturated rings. The Bertz CT molecular complexity index is 1230. The molecule has 7 heteroatoms. The van der Waals surface area contributed by atoms with Crippen molar-refractivity contribution in [3.8, 4) is 17.2 Å². The van der Waals surface area contributed by atoms with E-state index in [-0.39, 0.29) is 10.9 Å². The Morgan fingerprint density at radius 1 is 0.941 bits per heavy atom. The lowest BCUT2D eigenvalue weighted by molar-refractivity contribution is 0.221. The van der Waals surface area contributed by atoms with Gasteiger partial charge in [-0.25, -0.2) is 0 Å². The fourth-order valence-corrected chi connectivity index (χ4v) is 4.14. The highest BCUT2D eigenvalue weighted by Gasteiger charge is 2.27. The number of alkyl halides is 1. The third kappa shape index (κ3) is 5.34. The predicted molar refractivity (Wildman–Crippen MR) is 136 cm³/mol. The lowest BCUT2D eigenvalue weighted by Crippen LogP contribution is -2.49. The lowest BCUT2D eigenvalue weighted by Gasteiger charge is -2.40. The standard InChI is InChI=1S/C27H26ClN3O3/c28-21-6-7-22(29-15-21)19-34-26-12-13-31(27(32)14-26)24-8-10-25(11-9-24)33-18-20-16-30(17-20)23-4-2-1-3-5-23/h1-5,7-15,20-21H,6,16-19H2. The lowest BCUT2D eigenvalue weighted by atomic mass is 10.0. The van der Waals surface area contributed by atoms with Crippen molar-refractivity contribution < 1.29 is 9.47 Å². The Labute approximate surface area is 203 Å². The number of allylic oxidation sites excluding steroid dienone is 1. The number of para-hydroxylation sites is 1. The number of rotatable bonds is 8. The van der Waals surface area contributed by atoms with Crippen molar-refractivity contribution in [2.75, 3.05) is 31.2 Å². The molecule has 2 aromatic carbocycles. The Morgan fingerprint density at radius 3 is 2.44 bits per heavy atom. The maximum absolute atomic E-state index is 12.6. The number of benzene rings is 2. The third-order valence-corrected chi connectivity index (χ3v) is 6.23. The fourth-order valence-electron chi connectivity index (χ4n) is 4.00. The SMILES string of the molecule is O=c1cc(OCC2=CCC(Cl)C=N2)ccn1-c1ccc(OCC2CN(c3ccccc3)C2)cc1. The van der Waals surface area contributed by atoms with Crippen molar-refractivity contribution >= 4 is 23.5 Å². The third-order valence-electron chi connectivity index (χ3n) is 5.94. The van der Waals surface area contributed by atoms with E-state index in [4.69, 9.17) is 21.1 Å². The molecule has 1 saturated heterocycles. The van der Waals surface area contributed by atoms with Crippen LogP contribution in [-0.4, -0.2) is 42.5 Å². The molecular weight excluding hydrogens is 450 g/mol. The van der Waals surface area contributed by atoms with Crippen molar-refractivity contribution in [3.63, 3.8) is 0 Å². The quantitative estimate of drug-likeness (QED) is 0.443. The van der Waals surface area contributed by atoms with Crippen LogP contribution in [0.15, 0.2) is 94.5 Å². The summed E-state index contributed by atoms with van der Waals surface area (Å²) in [6, 6.07) is 21.3. The van der Waals surface area contributed by atoms with E-state index in [1.54, 1.807) is 23.0 Å². The van der Waals surface area contributed by atoms with Crippen LogP contribution in [0.4, 0.5) is 5.69 Å². The average molecular weight is 476 g/mol. The number of aliphatic imine (C=N–C) groups is 1. The second-order valence-corrected chi connectivity index (χ2v) is 9.06. The summed E-state index contributed by atoms with van der Waals surface area (Å²) in [5.41, 5.74) is 2.68. The smallest absolute Gasteiger partial charge is 0.258 e. The van der Waals surface area contributed by atoms with Gasteiger partial charge in [-0.1, -0.05) is 24.3 Å². The van der Waals surface area contributed by atoms with Gasteiger partial charge in [-0.3, -0.25) is 14.4 Å². The molecule has 1 unspecified atom stereocenters. The van der Waals surface area contributed by atoms with Crippen molar-refractivity contribution in [1.82, 2.24) is 4.57 Å². The van der Waals surface area contributed by atoms with Gasteiger partial charge in [-0.15, -0.1) is 11.6 Å². The van der Waals surface area contributed by atoms with Crippen molar-refractivity contribution in [2.45, 2.75) is 11.8 Å². The molecule has 1 atom stereocenters. The van der Waals surface area contributed by atoms with Gasteiger partial charge in [0.25, 0.3) is 5.56 Å². The van der Waals surface area contributed by atoms with Crippen LogP contribution in [0.5, 0.6) is 11.5 Å². The molecule has 0 bridgehead atoms.